The van der Waals surface area contributed by atoms with Crippen LogP contribution in [0.5, 0.6) is 0 Å². The van der Waals surface area contributed by atoms with Gasteiger partial charge in [0.25, 0.3) is 11.6 Å². The minimum Gasteiger partial charge on any atom is -0.450 e. The molecule has 0 saturated carbocycles. The highest BCUT2D eigenvalue weighted by Gasteiger charge is 2.45. The Hall–Kier alpha value is -3.92. The molecule has 0 radical (unpaired) electrons. The molecule has 0 saturated heterocycles. The standard InChI is InChI=1S/C25H22N4O5S/c1-12(2)8-19-26-27-25(35-19)28-21(15-6-5-7-16(11-15)29(32)33)20-22(30)17-9-13(3)14(4)10-18(17)34-23(20)24(28)31/h5-7,9-12,21H,8H2,1-4H3/t21-/m1/s1. The number of rotatable bonds is 5. The number of non-ortho nitro benzene ring substituents is 1. The summed E-state index contributed by atoms with van der Waals surface area (Å²) >= 11 is 1.26. The molecule has 3 heterocycles. The molecule has 1 atom stereocenters. The SMILES string of the molecule is Cc1cc2oc3c(c(=O)c2cc1C)[C@@H](c1cccc([N+](=O)[O-])c1)N(c1nnc(CC(C)C)s1)C3=O. The first-order valence-electron chi connectivity index (χ1n) is 11.1. The lowest BCUT2D eigenvalue weighted by Crippen LogP contribution is -2.29. The molecule has 0 N–H and O–H groups in total. The predicted molar refractivity (Wildman–Crippen MR) is 132 cm³/mol. The van der Waals surface area contributed by atoms with E-state index >= 15 is 0 Å². The average molecular weight is 491 g/mol. The van der Waals surface area contributed by atoms with Crippen molar-refractivity contribution in [3.05, 3.63) is 89.8 Å². The molecule has 35 heavy (non-hydrogen) atoms. The van der Waals surface area contributed by atoms with Crippen LogP contribution in [0.25, 0.3) is 11.0 Å². The van der Waals surface area contributed by atoms with Crippen LogP contribution >= 0.6 is 11.3 Å². The number of benzene rings is 2. The second kappa shape index (κ2) is 8.38. The van der Waals surface area contributed by atoms with Gasteiger partial charge in [0.1, 0.15) is 10.6 Å². The Labute approximate surface area is 204 Å². The first-order valence-corrected chi connectivity index (χ1v) is 12.0. The number of nitro benzene ring substituents is 1. The fraction of sp³-hybridized carbons (Fsp3) is 0.280. The van der Waals surface area contributed by atoms with Crippen molar-refractivity contribution < 1.29 is 14.1 Å². The van der Waals surface area contributed by atoms with Gasteiger partial charge in [0, 0.05) is 18.6 Å². The topological polar surface area (TPSA) is 119 Å². The van der Waals surface area contributed by atoms with E-state index in [0.717, 1.165) is 16.1 Å². The number of anilines is 1. The van der Waals surface area contributed by atoms with E-state index in [1.165, 1.54) is 34.4 Å². The van der Waals surface area contributed by atoms with Gasteiger partial charge in [0.15, 0.2) is 5.43 Å². The summed E-state index contributed by atoms with van der Waals surface area (Å²) in [5.74, 6) is -0.265. The second-order valence-corrected chi connectivity index (χ2v) is 10.2. The summed E-state index contributed by atoms with van der Waals surface area (Å²) < 4.78 is 6.02. The highest BCUT2D eigenvalue weighted by Crippen LogP contribution is 2.43. The maximum absolute atomic E-state index is 13.8. The third kappa shape index (κ3) is 3.79. The van der Waals surface area contributed by atoms with Gasteiger partial charge >= 0.3 is 0 Å². The van der Waals surface area contributed by atoms with Gasteiger partial charge < -0.3 is 4.42 Å². The van der Waals surface area contributed by atoms with Crippen LogP contribution in [0.3, 0.4) is 0 Å². The maximum atomic E-state index is 13.8. The first kappa shape index (κ1) is 22.9. The van der Waals surface area contributed by atoms with Crippen molar-refractivity contribution in [3.63, 3.8) is 0 Å². The molecule has 10 heteroatoms. The van der Waals surface area contributed by atoms with Gasteiger partial charge in [-0.15, -0.1) is 10.2 Å². The summed E-state index contributed by atoms with van der Waals surface area (Å²) in [4.78, 5) is 39.8. The number of nitrogens with zero attached hydrogens (tertiary/aromatic N) is 4. The molecule has 1 aliphatic heterocycles. The lowest BCUT2D eigenvalue weighted by molar-refractivity contribution is -0.384. The van der Waals surface area contributed by atoms with Crippen LogP contribution in [-0.4, -0.2) is 21.0 Å². The molecule has 2 aromatic heterocycles. The van der Waals surface area contributed by atoms with Gasteiger partial charge in [-0.25, -0.2) is 0 Å². The third-order valence-corrected chi connectivity index (χ3v) is 7.07. The van der Waals surface area contributed by atoms with Crippen molar-refractivity contribution >= 4 is 39.0 Å². The Morgan fingerprint density at radius 1 is 1.14 bits per heavy atom. The number of hydrogen-bond donors (Lipinski definition) is 0. The van der Waals surface area contributed by atoms with Gasteiger partial charge in [-0.1, -0.05) is 37.3 Å². The molecule has 2 aromatic carbocycles. The molecule has 5 rings (SSSR count). The minimum atomic E-state index is -0.931. The molecule has 178 valence electrons. The Bertz CT molecular complexity index is 1570. The van der Waals surface area contributed by atoms with Crippen molar-refractivity contribution in [3.8, 4) is 0 Å². The molecule has 4 aromatic rings. The first-order chi connectivity index (χ1) is 16.7. The van der Waals surface area contributed by atoms with Crippen LogP contribution < -0.4 is 10.3 Å². The van der Waals surface area contributed by atoms with E-state index in [-0.39, 0.29) is 22.4 Å². The van der Waals surface area contributed by atoms with Crippen molar-refractivity contribution in [2.45, 2.75) is 40.2 Å². The second-order valence-electron chi connectivity index (χ2n) is 9.11. The van der Waals surface area contributed by atoms with Crippen LogP contribution in [0.4, 0.5) is 10.8 Å². The van der Waals surface area contributed by atoms with Crippen molar-refractivity contribution in [2.24, 2.45) is 5.92 Å². The van der Waals surface area contributed by atoms with Gasteiger partial charge in [-0.3, -0.25) is 24.6 Å². The summed E-state index contributed by atoms with van der Waals surface area (Å²) in [5, 5.41) is 21.4. The zero-order valence-corrected chi connectivity index (χ0v) is 20.4. The molecule has 0 aliphatic carbocycles. The molecule has 9 nitrogen and oxygen atoms in total. The normalized spacial score (nSPS) is 15.3. The number of carbonyl (C=O) groups is 1. The highest BCUT2D eigenvalue weighted by atomic mass is 32.1. The highest BCUT2D eigenvalue weighted by molar-refractivity contribution is 7.15. The number of amides is 1. The zero-order chi connectivity index (χ0) is 25.0. The number of carbonyl (C=O) groups excluding carboxylic acids is 1. The molecule has 0 unspecified atom stereocenters. The lowest BCUT2D eigenvalue weighted by Gasteiger charge is -2.21. The number of nitro groups is 1. The smallest absolute Gasteiger partial charge is 0.297 e. The number of fused-ring (bicyclic) bond motifs is 2. The molecular weight excluding hydrogens is 468 g/mol. The Balaban J connectivity index is 1.77. The Morgan fingerprint density at radius 3 is 2.60 bits per heavy atom. The van der Waals surface area contributed by atoms with Crippen LogP contribution in [-0.2, 0) is 6.42 Å². The quantitative estimate of drug-likeness (QED) is 0.281. The van der Waals surface area contributed by atoms with Gasteiger partial charge in [-0.2, -0.15) is 0 Å². The summed E-state index contributed by atoms with van der Waals surface area (Å²) in [6.07, 6.45) is 0.688. The minimum absolute atomic E-state index is 0.0807. The van der Waals surface area contributed by atoms with E-state index in [2.05, 4.69) is 24.0 Å². The van der Waals surface area contributed by atoms with E-state index in [0.29, 0.717) is 34.0 Å². The van der Waals surface area contributed by atoms with Crippen molar-refractivity contribution in [1.82, 2.24) is 10.2 Å². The Kier molecular flexibility index (Phi) is 5.47. The van der Waals surface area contributed by atoms with Crippen LogP contribution in [0.15, 0.2) is 45.6 Å². The zero-order valence-electron chi connectivity index (χ0n) is 19.6. The van der Waals surface area contributed by atoms with E-state index in [1.54, 1.807) is 18.2 Å². The number of hydrogen-bond acceptors (Lipinski definition) is 8. The molecule has 1 aliphatic rings. The average Bonchev–Trinajstić information content (AvgIpc) is 3.37. The van der Waals surface area contributed by atoms with E-state index in [4.69, 9.17) is 4.42 Å². The van der Waals surface area contributed by atoms with Crippen LogP contribution in [0.1, 0.15) is 57.7 Å². The fourth-order valence-electron chi connectivity index (χ4n) is 4.32. The van der Waals surface area contributed by atoms with Gasteiger partial charge in [-0.05, 0) is 48.6 Å². The van der Waals surface area contributed by atoms with Crippen LogP contribution in [0, 0.1) is 29.9 Å². The molecule has 0 bridgehead atoms. The monoisotopic (exact) mass is 490 g/mol. The van der Waals surface area contributed by atoms with Crippen molar-refractivity contribution in [2.75, 3.05) is 4.90 Å². The molecular formula is C25H22N4O5S. The van der Waals surface area contributed by atoms with Gasteiger partial charge in [0.05, 0.1) is 21.9 Å². The number of aromatic nitrogens is 2. The maximum Gasteiger partial charge on any atom is 0.297 e. The summed E-state index contributed by atoms with van der Waals surface area (Å²) in [5.41, 5.74) is 2.25. The lowest BCUT2D eigenvalue weighted by atomic mass is 9.97. The molecule has 0 fully saturated rings. The van der Waals surface area contributed by atoms with E-state index in [9.17, 15) is 19.7 Å². The van der Waals surface area contributed by atoms with E-state index < -0.39 is 16.9 Å². The van der Waals surface area contributed by atoms with Gasteiger partial charge in [0.2, 0.25) is 10.9 Å². The molecule has 0 spiro atoms. The summed E-state index contributed by atoms with van der Waals surface area (Å²) in [6.45, 7) is 7.91. The predicted octanol–water partition coefficient (Wildman–Crippen LogP) is 5.12. The number of aryl methyl sites for hydroxylation is 2. The Morgan fingerprint density at radius 2 is 1.89 bits per heavy atom. The van der Waals surface area contributed by atoms with E-state index in [1.807, 2.05) is 13.8 Å². The fourth-order valence-corrected chi connectivity index (χ4v) is 5.40. The van der Waals surface area contributed by atoms with Crippen molar-refractivity contribution in [1.29, 1.82) is 0 Å². The largest absolute Gasteiger partial charge is 0.450 e. The van der Waals surface area contributed by atoms with Crippen LogP contribution in [0.2, 0.25) is 0 Å². The summed E-state index contributed by atoms with van der Waals surface area (Å²) in [6, 6.07) is 8.50. The summed E-state index contributed by atoms with van der Waals surface area (Å²) in [7, 11) is 0. The third-order valence-electron chi connectivity index (χ3n) is 6.13. The molecule has 1 amide bonds.